The summed E-state index contributed by atoms with van der Waals surface area (Å²) in [5, 5.41) is 11.7. The summed E-state index contributed by atoms with van der Waals surface area (Å²) in [4.78, 5) is 24.0. The first kappa shape index (κ1) is 11.4. The first-order chi connectivity index (χ1) is 8.18. The highest BCUT2D eigenvalue weighted by atomic mass is 16.4. The molecule has 0 aromatic heterocycles. The number of para-hydroxylation sites is 1. The van der Waals surface area contributed by atoms with Gasteiger partial charge in [0, 0.05) is 12.2 Å². The van der Waals surface area contributed by atoms with Crippen LogP contribution in [-0.2, 0) is 4.79 Å². The summed E-state index contributed by atoms with van der Waals surface area (Å²) >= 11 is 0. The molecule has 1 atom stereocenters. The van der Waals surface area contributed by atoms with Gasteiger partial charge in [-0.1, -0.05) is 18.2 Å². The number of hydrogen-bond acceptors (Lipinski definition) is 2. The maximum Gasteiger partial charge on any atom is 0.407 e. The molecule has 2 N–H and O–H groups in total. The predicted molar refractivity (Wildman–Crippen MR) is 62.8 cm³/mol. The molecule has 5 heteroatoms. The Morgan fingerprint density at radius 1 is 1.29 bits per heavy atom. The average Bonchev–Trinajstić information content (AvgIpc) is 2.79. The topological polar surface area (TPSA) is 69.6 Å². The zero-order valence-corrected chi connectivity index (χ0v) is 9.30. The molecule has 1 saturated heterocycles. The van der Waals surface area contributed by atoms with Crippen LogP contribution in [0.5, 0.6) is 0 Å². The molecule has 5 nitrogen and oxygen atoms in total. The van der Waals surface area contributed by atoms with Crippen LogP contribution < -0.4 is 5.32 Å². The van der Waals surface area contributed by atoms with Gasteiger partial charge in [0.2, 0.25) is 5.91 Å². The third kappa shape index (κ3) is 2.55. The van der Waals surface area contributed by atoms with Crippen molar-refractivity contribution >= 4 is 17.7 Å². The van der Waals surface area contributed by atoms with E-state index in [1.54, 1.807) is 12.1 Å². The maximum atomic E-state index is 11.9. The fourth-order valence-corrected chi connectivity index (χ4v) is 2.02. The molecule has 0 radical (unpaired) electrons. The van der Waals surface area contributed by atoms with Gasteiger partial charge >= 0.3 is 6.09 Å². The van der Waals surface area contributed by atoms with Gasteiger partial charge in [0.25, 0.3) is 0 Å². The van der Waals surface area contributed by atoms with Crippen molar-refractivity contribution in [3.8, 4) is 0 Å². The van der Waals surface area contributed by atoms with Crippen molar-refractivity contribution in [2.45, 2.75) is 18.9 Å². The molecular formula is C12H14N2O3. The Labute approximate surface area is 99.0 Å². The van der Waals surface area contributed by atoms with E-state index < -0.39 is 12.1 Å². The van der Waals surface area contributed by atoms with Crippen LogP contribution in [0.1, 0.15) is 12.8 Å². The number of carbonyl (C=O) groups is 2. The van der Waals surface area contributed by atoms with Crippen molar-refractivity contribution in [1.82, 2.24) is 4.90 Å². The third-order valence-electron chi connectivity index (χ3n) is 2.84. The van der Waals surface area contributed by atoms with Crippen LogP contribution in [0.25, 0.3) is 0 Å². The van der Waals surface area contributed by atoms with Crippen molar-refractivity contribution in [2.75, 3.05) is 11.9 Å². The van der Waals surface area contributed by atoms with Crippen LogP contribution in [0.2, 0.25) is 0 Å². The van der Waals surface area contributed by atoms with E-state index in [2.05, 4.69) is 5.32 Å². The van der Waals surface area contributed by atoms with Gasteiger partial charge in [-0.15, -0.1) is 0 Å². The van der Waals surface area contributed by atoms with Gasteiger partial charge < -0.3 is 10.4 Å². The molecule has 0 aliphatic carbocycles. The van der Waals surface area contributed by atoms with E-state index in [0.717, 1.165) is 6.42 Å². The lowest BCUT2D eigenvalue weighted by molar-refractivity contribution is -0.119. The zero-order chi connectivity index (χ0) is 12.3. The van der Waals surface area contributed by atoms with Gasteiger partial charge in [0.05, 0.1) is 0 Å². The highest BCUT2D eigenvalue weighted by Crippen LogP contribution is 2.19. The number of carbonyl (C=O) groups excluding carboxylic acids is 1. The second-order valence-corrected chi connectivity index (χ2v) is 3.99. The number of hydrogen-bond donors (Lipinski definition) is 2. The molecule has 1 aliphatic heterocycles. The SMILES string of the molecule is O=C(Nc1ccccc1)C1CCCN1C(=O)O. The summed E-state index contributed by atoms with van der Waals surface area (Å²) in [5.41, 5.74) is 0.690. The number of anilines is 1. The number of rotatable bonds is 2. The summed E-state index contributed by atoms with van der Waals surface area (Å²) in [7, 11) is 0. The molecule has 1 fully saturated rings. The van der Waals surface area contributed by atoms with Gasteiger partial charge in [-0.05, 0) is 25.0 Å². The zero-order valence-electron chi connectivity index (χ0n) is 9.30. The van der Waals surface area contributed by atoms with E-state index >= 15 is 0 Å². The molecule has 1 heterocycles. The molecule has 90 valence electrons. The van der Waals surface area contributed by atoms with Crippen LogP contribution in [0.3, 0.4) is 0 Å². The van der Waals surface area contributed by atoms with Crippen molar-refractivity contribution < 1.29 is 14.7 Å². The van der Waals surface area contributed by atoms with E-state index in [-0.39, 0.29) is 5.91 Å². The van der Waals surface area contributed by atoms with Gasteiger partial charge in [0.15, 0.2) is 0 Å². The van der Waals surface area contributed by atoms with Crippen LogP contribution in [0, 0.1) is 0 Å². The number of amides is 2. The van der Waals surface area contributed by atoms with Crippen molar-refractivity contribution in [3.05, 3.63) is 30.3 Å². The Morgan fingerprint density at radius 3 is 2.65 bits per heavy atom. The second kappa shape index (κ2) is 4.86. The maximum absolute atomic E-state index is 11.9. The van der Waals surface area contributed by atoms with Gasteiger partial charge in [-0.3, -0.25) is 9.69 Å². The minimum Gasteiger partial charge on any atom is -0.465 e. The van der Waals surface area contributed by atoms with Crippen molar-refractivity contribution in [1.29, 1.82) is 0 Å². The molecule has 1 aromatic carbocycles. The minimum atomic E-state index is -1.03. The van der Waals surface area contributed by atoms with Crippen molar-refractivity contribution in [3.63, 3.8) is 0 Å². The number of likely N-dealkylation sites (tertiary alicyclic amines) is 1. The standard InChI is InChI=1S/C12H14N2O3/c15-11(13-9-5-2-1-3-6-9)10-7-4-8-14(10)12(16)17/h1-3,5-6,10H,4,7-8H2,(H,13,15)(H,16,17). The lowest BCUT2D eigenvalue weighted by Crippen LogP contribution is -2.42. The number of nitrogens with one attached hydrogen (secondary N) is 1. The fraction of sp³-hybridized carbons (Fsp3) is 0.333. The van der Waals surface area contributed by atoms with E-state index in [9.17, 15) is 9.59 Å². The Morgan fingerprint density at radius 2 is 2.00 bits per heavy atom. The summed E-state index contributed by atoms with van der Waals surface area (Å²) in [5.74, 6) is -0.254. The van der Waals surface area contributed by atoms with Crippen LogP contribution in [0.4, 0.5) is 10.5 Å². The largest absolute Gasteiger partial charge is 0.465 e. The number of benzene rings is 1. The molecule has 17 heavy (non-hydrogen) atoms. The molecule has 0 bridgehead atoms. The number of nitrogens with zero attached hydrogens (tertiary/aromatic N) is 1. The van der Waals surface area contributed by atoms with Gasteiger partial charge in [-0.2, -0.15) is 0 Å². The lowest BCUT2D eigenvalue weighted by Gasteiger charge is -2.20. The lowest BCUT2D eigenvalue weighted by atomic mass is 10.2. The van der Waals surface area contributed by atoms with Crippen LogP contribution >= 0.6 is 0 Å². The van der Waals surface area contributed by atoms with Gasteiger partial charge in [-0.25, -0.2) is 4.79 Å². The molecule has 1 aromatic rings. The summed E-state index contributed by atoms with van der Waals surface area (Å²) in [6.07, 6.45) is 0.292. The highest BCUT2D eigenvalue weighted by molar-refractivity contribution is 5.96. The first-order valence-electron chi connectivity index (χ1n) is 5.54. The highest BCUT2D eigenvalue weighted by Gasteiger charge is 2.33. The molecule has 1 aliphatic rings. The van der Waals surface area contributed by atoms with Crippen LogP contribution in [0.15, 0.2) is 30.3 Å². The third-order valence-corrected chi connectivity index (χ3v) is 2.84. The molecule has 0 saturated carbocycles. The van der Waals surface area contributed by atoms with E-state index in [1.807, 2.05) is 18.2 Å². The molecule has 0 spiro atoms. The van der Waals surface area contributed by atoms with E-state index in [0.29, 0.717) is 18.7 Å². The van der Waals surface area contributed by atoms with Crippen LogP contribution in [-0.4, -0.2) is 34.6 Å². The Hall–Kier alpha value is -2.04. The smallest absolute Gasteiger partial charge is 0.407 e. The normalized spacial score (nSPS) is 19.1. The first-order valence-corrected chi connectivity index (χ1v) is 5.54. The van der Waals surface area contributed by atoms with E-state index in [4.69, 9.17) is 5.11 Å². The fourth-order valence-electron chi connectivity index (χ4n) is 2.02. The Balaban J connectivity index is 2.03. The summed E-state index contributed by atoms with van der Waals surface area (Å²) in [6, 6.07) is 8.48. The van der Waals surface area contributed by atoms with Gasteiger partial charge in [0.1, 0.15) is 6.04 Å². The summed E-state index contributed by atoms with van der Waals surface area (Å²) < 4.78 is 0. The quantitative estimate of drug-likeness (QED) is 0.819. The molecule has 2 rings (SSSR count). The molecular weight excluding hydrogens is 220 g/mol. The molecule has 2 amide bonds. The van der Waals surface area contributed by atoms with Crippen molar-refractivity contribution in [2.24, 2.45) is 0 Å². The summed E-state index contributed by atoms with van der Waals surface area (Å²) in [6.45, 7) is 0.433. The Bertz CT molecular complexity index is 419. The predicted octanol–water partition coefficient (Wildman–Crippen LogP) is 1.77. The second-order valence-electron chi connectivity index (χ2n) is 3.99. The average molecular weight is 234 g/mol. The minimum absolute atomic E-state index is 0.254. The molecule has 1 unspecified atom stereocenters. The van der Waals surface area contributed by atoms with E-state index in [1.165, 1.54) is 4.90 Å². The Kier molecular flexibility index (Phi) is 3.27. The monoisotopic (exact) mass is 234 g/mol. The number of carboxylic acid groups (broad SMARTS) is 1.